The van der Waals surface area contributed by atoms with Gasteiger partial charge in [-0.15, -0.1) is 0 Å². The maximum atomic E-state index is 13.1. The Morgan fingerprint density at radius 2 is 1.59 bits per heavy atom. The smallest absolute Gasteiger partial charge is 0.295 e. The molecule has 1 aliphatic rings. The molecule has 2 aromatic carbocycles. The minimum atomic E-state index is -0.816. The fraction of sp³-hybridized carbons (Fsp3) is 0.333. The topological polar surface area (TPSA) is 88.5 Å². The van der Waals surface area contributed by atoms with Crippen molar-refractivity contribution < 1.29 is 28.9 Å². The van der Waals surface area contributed by atoms with Gasteiger partial charge in [0.15, 0.2) is 11.5 Å². The first-order valence-electron chi connectivity index (χ1n) is 10.1. The van der Waals surface area contributed by atoms with Crippen molar-refractivity contribution in [3.05, 3.63) is 59.2 Å². The molecule has 8 nitrogen and oxygen atoms in total. The van der Waals surface area contributed by atoms with Crippen LogP contribution in [-0.4, -0.2) is 75.1 Å². The normalized spacial score (nSPS) is 17.7. The van der Waals surface area contributed by atoms with Gasteiger partial charge in [0.25, 0.3) is 11.7 Å². The largest absolute Gasteiger partial charge is 0.507 e. The zero-order chi connectivity index (χ0) is 23.4. The first-order chi connectivity index (χ1) is 15.3. The fourth-order valence-corrected chi connectivity index (χ4v) is 3.78. The van der Waals surface area contributed by atoms with Gasteiger partial charge in [0.1, 0.15) is 5.76 Å². The van der Waals surface area contributed by atoms with Gasteiger partial charge in [0.2, 0.25) is 5.75 Å². The summed E-state index contributed by atoms with van der Waals surface area (Å²) in [6, 6.07) is 11.3. The third kappa shape index (κ3) is 4.27. The molecule has 1 unspecified atom stereocenters. The number of hydrogen-bond donors (Lipinski definition) is 1. The molecule has 8 heteroatoms. The molecular weight excluding hydrogens is 412 g/mol. The molecule has 1 heterocycles. The summed E-state index contributed by atoms with van der Waals surface area (Å²) in [5, 5.41) is 11.1. The van der Waals surface area contributed by atoms with Gasteiger partial charge in [-0.25, -0.2) is 0 Å². The lowest BCUT2D eigenvalue weighted by molar-refractivity contribution is -0.140. The number of carbonyl (C=O) groups is 2. The van der Waals surface area contributed by atoms with E-state index in [9.17, 15) is 14.7 Å². The number of Topliss-reactive ketones (excluding diaryl/α,β-unsaturated/α-hetero) is 1. The van der Waals surface area contributed by atoms with Crippen molar-refractivity contribution >= 4 is 17.4 Å². The van der Waals surface area contributed by atoms with Crippen molar-refractivity contribution in [2.45, 2.75) is 6.04 Å². The number of aliphatic hydroxyl groups excluding tert-OH is 1. The first kappa shape index (κ1) is 23.1. The van der Waals surface area contributed by atoms with Gasteiger partial charge in [-0.1, -0.05) is 30.3 Å². The van der Waals surface area contributed by atoms with E-state index in [1.807, 2.05) is 25.1 Å². The molecule has 0 saturated carbocycles. The predicted octanol–water partition coefficient (Wildman–Crippen LogP) is 2.70. The van der Waals surface area contributed by atoms with E-state index in [0.717, 1.165) is 0 Å². The Morgan fingerprint density at radius 3 is 2.09 bits per heavy atom. The number of ketones is 1. The monoisotopic (exact) mass is 440 g/mol. The van der Waals surface area contributed by atoms with Gasteiger partial charge >= 0.3 is 0 Å². The highest BCUT2D eigenvalue weighted by molar-refractivity contribution is 6.46. The number of likely N-dealkylation sites (tertiary alicyclic amines) is 1. The molecule has 0 spiro atoms. The van der Waals surface area contributed by atoms with E-state index in [2.05, 4.69) is 0 Å². The molecule has 0 bridgehead atoms. The maximum absolute atomic E-state index is 13.1. The Bertz CT molecular complexity index is 1010. The lowest BCUT2D eigenvalue weighted by atomic mass is 9.94. The Balaban J connectivity index is 2.24. The number of aliphatic hydroxyl groups is 1. The van der Waals surface area contributed by atoms with Crippen LogP contribution < -0.4 is 14.2 Å². The van der Waals surface area contributed by atoms with Crippen LogP contribution in [0.2, 0.25) is 0 Å². The zero-order valence-corrected chi connectivity index (χ0v) is 18.9. The van der Waals surface area contributed by atoms with E-state index < -0.39 is 17.7 Å². The van der Waals surface area contributed by atoms with Gasteiger partial charge in [0.05, 0.1) is 32.9 Å². The SMILES string of the molecule is COc1cc(C2/C(=C(\O)c3ccccc3)C(=O)C(=O)N2CCN(C)C)cc(OC)c1OC. The Labute approximate surface area is 187 Å². The Morgan fingerprint density at radius 1 is 1.00 bits per heavy atom. The molecule has 0 aromatic heterocycles. The van der Waals surface area contributed by atoms with Gasteiger partial charge in [-0.2, -0.15) is 0 Å². The summed E-state index contributed by atoms with van der Waals surface area (Å²) in [4.78, 5) is 29.5. The van der Waals surface area contributed by atoms with E-state index in [-0.39, 0.29) is 11.3 Å². The molecule has 2 aromatic rings. The van der Waals surface area contributed by atoms with Gasteiger partial charge < -0.3 is 29.1 Å². The van der Waals surface area contributed by atoms with E-state index in [1.54, 1.807) is 36.4 Å². The van der Waals surface area contributed by atoms with Crippen LogP contribution in [0.25, 0.3) is 5.76 Å². The van der Waals surface area contributed by atoms with E-state index in [1.165, 1.54) is 26.2 Å². The zero-order valence-electron chi connectivity index (χ0n) is 18.9. The third-order valence-electron chi connectivity index (χ3n) is 5.38. The number of ether oxygens (including phenoxy) is 3. The quantitative estimate of drug-likeness (QED) is 0.384. The van der Waals surface area contributed by atoms with Gasteiger partial charge in [-0.05, 0) is 31.8 Å². The molecule has 170 valence electrons. The van der Waals surface area contributed by atoms with Crippen LogP contribution in [0.1, 0.15) is 17.2 Å². The number of benzene rings is 2. The van der Waals surface area contributed by atoms with Crippen LogP contribution >= 0.6 is 0 Å². The number of carbonyl (C=O) groups excluding carboxylic acids is 2. The minimum absolute atomic E-state index is 0.0224. The number of amides is 1. The van der Waals surface area contributed by atoms with Crippen molar-refractivity contribution in [2.75, 3.05) is 48.5 Å². The summed E-state index contributed by atoms with van der Waals surface area (Å²) >= 11 is 0. The van der Waals surface area contributed by atoms with Crippen molar-refractivity contribution in [3.63, 3.8) is 0 Å². The van der Waals surface area contributed by atoms with E-state index in [0.29, 0.717) is 41.5 Å². The Hall–Kier alpha value is -3.52. The molecule has 1 saturated heterocycles. The van der Waals surface area contributed by atoms with Crippen LogP contribution in [-0.2, 0) is 9.59 Å². The molecule has 0 aliphatic carbocycles. The molecule has 32 heavy (non-hydrogen) atoms. The van der Waals surface area contributed by atoms with Crippen LogP contribution in [0, 0.1) is 0 Å². The lowest BCUT2D eigenvalue weighted by Crippen LogP contribution is -2.35. The maximum Gasteiger partial charge on any atom is 0.295 e. The van der Waals surface area contributed by atoms with E-state index >= 15 is 0 Å². The average molecular weight is 440 g/mol. The van der Waals surface area contributed by atoms with Crippen molar-refractivity contribution in [2.24, 2.45) is 0 Å². The summed E-state index contributed by atoms with van der Waals surface area (Å²) in [5.41, 5.74) is 1.04. The molecule has 0 radical (unpaired) electrons. The predicted molar refractivity (Wildman–Crippen MR) is 120 cm³/mol. The summed E-state index contributed by atoms with van der Waals surface area (Å²) in [6.45, 7) is 0.837. The summed E-state index contributed by atoms with van der Waals surface area (Å²) in [7, 11) is 8.25. The molecule has 1 aliphatic heterocycles. The number of rotatable bonds is 8. The highest BCUT2D eigenvalue weighted by atomic mass is 16.5. The minimum Gasteiger partial charge on any atom is -0.507 e. The van der Waals surface area contributed by atoms with Crippen LogP contribution in [0.3, 0.4) is 0 Å². The number of methoxy groups -OCH3 is 3. The van der Waals surface area contributed by atoms with Crippen LogP contribution in [0.5, 0.6) is 17.2 Å². The molecular formula is C24H28N2O6. The van der Waals surface area contributed by atoms with Crippen LogP contribution in [0.15, 0.2) is 48.0 Å². The second-order valence-electron chi connectivity index (χ2n) is 7.62. The molecule has 3 rings (SSSR count). The number of likely N-dealkylation sites (N-methyl/N-ethyl adjacent to an activating group) is 1. The van der Waals surface area contributed by atoms with E-state index in [4.69, 9.17) is 14.2 Å². The summed E-state index contributed by atoms with van der Waals surface area (Å²) < 4.78 is 16.3. The van der Waals surface area contributed by atoms with Crippen molar-refractivity contribution in [1.29, 1.82) is 0 Å². The van der Waals surface area contributed by atoms with Crippen molar-refractivity contribution in [3.8, 4) is 17.2 Å². The average Bonchev–Trinajstić information content (AvgIpc) is 3.06. The van der Waals surface area contributed by atoms with Crippen molar-refractivity contribution in [1.82, 2.24) is 9.80 Å². The second-order valence-corrected chi connectivity index (χ2v) is 7.62. The van der Waals surface area contributed by atoms with Gasteiger partial charge in [-0.3, -0.25) is 9.59 Å². The summed E-state index contributed by atoms with van der Waals surface area (Å²) in [6.07, 6.45) is 0. The lowest BCUT2D eigenvalue weighted by Gasteiger charge is -2.27. The van der Waals surface area contributed by atoms with Gasteiger partial charge in [0, 0.05) is 18.7 Å². The third-order valence-corrected chi connectivity index (χ3v) is 5.38. The summed E-state index contributed by atoms with van der Waals surface area (Å²) in [5.74, 6) is -0.450. The molecule has 1 fully saturated rings. The number of nitrogens with zero attached hydrogens (tertiary/aromatic N) is 2. The highest BCUT2D eigenvalue weighted by Crippen LogP contribution is 2.45. The molecule has 1 atom stereocenters. The second kappa shape index (κ2) is 9.74. The standard InChI is InChI=1S/C24H28N2O6/c1-25(2)11-12-26-20(16-13-17(30-3)23(32-5)18(14-16)31-4)19(22(28)24(26)29)21(27)15-9-7-6-8-10-15/h6-10,13-14,20,27H,11-12H2,1-5H3/b21-19+. The fourth-order valence-electron chi connectivity index (χ4n) is 3.78. The van der Waals surface area contributed by atoms with Crippen LogP contribution in [0.4, 0.5) is 0 Å². The Kier molecular flexibility index (Phi) is 7.05. The number of hydrogen-bond acceptors (Lipinski definition) is 7. The highest BCUT2D eigenvalue weighted by Gasteiger charge is 2.46. The first-order valence-corrected chi connectivity index (χ1v) is 10.1. The molecule has 1 amide bonds. The molecule has 1 N–H and O–H groups in total.